The molecule has 1 N–H and O–H groups in total. The van der Waals surface area contributed by atoms with Crippen molar-refractivity contribution in [3.8, 4) is 0 Å². The van der Waals surface area contributed by atoms with Gasteiger partial charge in [0.25, 0.3) is 6.43 Å². The minimum atomic E-state index is -2.39. The largest absolute Gasteiger partial charge is 0.374 e. The first kappa shape index (κ1) is 13.1. The molecule has 0 aromatic carbocycles. The molecule has 0 spiro atoms. The lowest BCUT2D eigenvalue weighted by molar-refractivity contribution is 0.0187. The molecule has 1 aromatic rings. The normalized spacial score (nSPS) is 11.2. The number of aryl methyl sites for hydroxylation is 1. The Bertz CT molecular complexity index is 291. The maximum absolute atomic E-state index is 11.7. The van der Waals surface area contributed by atoms with Crippen LogP contribution in [0.3, 0.4) is 0 Å². The molecule has 92 valence electrons. The molecule has 0 unspecified atom stereocenters. The van der Waals surface area contributed by atoms with E-state index in [1.807, 2.05) is 11.5 Å². The number of halogens is 2. The average molecular weight is 233 g/mol. The molecule has 0 radical (unpaired) electrons. The van der Waals surface area contributed by atoms with Gasteiger partial charge >= 0.3 is 0 Å². The van der Waals surface area contributed by atoms with Gasteiger partial charge in [-0.3, -0.25) is 0 Å². The smallest absolute Gasteiger partial charge is 0.261 e. The van der Waals surface area contributed by atoms with Crippen molar-refractivity contribution in [3.63, 3.8) is 0 Å². The molecular formula is C10H17F2N3O. The van der Waals surface area contributed by atoms with Crippen molar-refractivity contribution in [3.05, 3.63) is 18.2 Å². The summed E-state index contributed by atoms with van der Waals surface area (Å²) >= 11 is 0. The lowest BCUT2D eigenvalue weighted by atomic mass is 10.4. The number of alkyl halides is 2. The Hall–Kier alpha value is -1.01. The molecule has 1 rings (SSSR count). The molecule has 6 heteroatoms. The third kappa shape index (κ3) is 4.67. The van der Waals surface area contributed by atoms with Gasteiger partial charge in [-0.1, -0.05) is 0 Å². The van der Waals surface area contributed by atoms with Gasteiger partial charge in [-0.2, -0.15) is 0 Å². The van der Waals surface area contributed by atoms with Crippen LogP contribution >= 0.6 is 0 Å². The van der Waals surface area contributed by atoms with Crippen LogP contribution in [0.2, 0.25) is 0 Å². The molecule has 0 bridgehead atoms. The predicted molar refractivity (Wildman–Crippen MR) is 56.4 cm³/mol. The summed E-state index contributed by atoms with van der Waals surface area (Å²) in [5.41, 5.74) is 1.08. The van der Waals surface area contributed by atoms with E-state index in [9.17, 15) is 8.78 Å². The quantitative estimate of drug-likeness (QED) is 0.687. The number of aromatic nitrogens is 2. The Morgan fingerprint density at radius 2 is 2.38 bits per heavy atom. The van der Waals surface area contributed by atoms with Crippen molar-refractivity contribution >= 4 is 0 Å². The summed E-state index contributed by atoms with van der Waals surface area (Å²) in [6, 6.07) is 0. The van der Waals surface area contributed by atoms with Gasteiger partial charge in [0.1, 0.15) is 6.61 Å². The van der Waals surface area contributed by atoms with Crippen LogP contribution in [-0.2, 0) is 17.8 Å². The molecular weight excluding hydrogens is 216 g/mol. The zero-order chi connectivity index (χ0) is 11.8. The van der Waals surface area contributed by atoms with Crippen LogP contribution in [-0.4, -0.2) is 35.7 Å². The van der Waals surface area contributed by atoms with Gasteiger partial charge in [0.05, 0.1) is 18.6 Å². The van der Waals surface area contributed by atoms with Crippen molar-refractivity contribution in [2.45, 2.75) is 26.4 Å². The van der Waals surface area contributed by atoms with Gasteiger partial charge < -0.3 is 14.6 Å². The van der Waals surface area contributed by atoms with E-state index in [1.165, 1.54) is 0 Å². The van der Waals surface area contributed by atoms with Crippen LogP contribution in [0.25, 0.3) is 0 Å². The van der Waals surface area contributed by atoms with Gasteiger partial charge in [-0.15, -0.1) is 0 Å². The van der Waals surface area contributed by atoms with E-state index in [1.54, 1.807) is 12.5 Å². The molecule has 4 nitrogen and oxygen atoms in total. The highest BCUT2D eigenvalue weighted by Gasteiger charge is 2.01. The summed E-state index contributed by atoms with van der Waals surface area (Å²) in [5.74, 6) is 0. The van der Waals surface area contributed by atoms with E-state index in [0.717, 1.165) is 12.2 Å². The zero-order valence-electron chi connectivity index (χ0n) is 9.33. The van der Waals surface area contributed by atoms with Crippen molar-refractivity contribution in [1.82, 2.24) is 14.9 Å². The average Bonchev–Trinajstić information content (AvgIpc) is 2.70. The van der Waals surface area contributed by atoms with E-state index in [2.05, 4.69) is 10.3 Å². The standard InChI is InChI=1S/C10H17F2N3O/c1-2-15-8-14-6-9(15)5-13-3-4-16-7-10(11)12/h6,8,10,13H,2-5,7H2,1H3. The maximum atomic E-state index is 11.7. The van der Waals surface area contributed by atoms with E-state index in [-0.39, 0.29) is 0 Å². The topological polar surface area (TPSA) is 39.1 Å². The van der Waals surface area contributed by atoms with E-state index in [0.29, 0.717) is 19.7 Å². The fourth-order valence-electron chi connectivity index (χ4n) is 1.31. The van der Waals surface area contributed by atoms with Crippen molar-refractivity contribution in [2.75, 3.05) is 19.8 Å². The van der Waals surface area contributed by atoms with E-state index < -0.39 is 13.0 Å². The molecule has 0 aliphatic heterocycles. The minimum absolute atomic E-state index is 0.296. The third-order valence-corrected chi connectivity index (χ3v) is 2.11. The number of nitrogens with zero attached hydrogens (tertiary/aromatic N) is 2. The lowest BCUT2D eigenvalue weighted by Crippen LogP contribution is -2.21. The molecule has 0 atom stereocenters. The Morgan fingerprint density at radius 3 is 3.06 bits per heavy atom. The third-order valence-electron chi connectivity index (χ3n) is 2.11. The molecule has 0 amide bonds. The molecule has 0 fully saturated rings. The zero-order valence-corrected chi connectivity index (χ0v) is 9.33. The number of hydrogen-bond donors (Lipinski definition) is 1. The van der Waals surface area contributed by atoms with Gasteiger partial charge in [0.2, 0.25) is 0 Å². The first-order chi connectivity index (χ1) is 7.74. The van der Waals surface area contributed by atoms with Crippen molar-refractivity contribution in [2.24, 2.45) is 0 Å². The van der Waals surface area contributed by atoms with Gasteiger partial charge in [-0.05, 0) is 6.92 Å². The highest BCUT2D eigenvalue weighted by molar-refractivity contribution is 4.97. The van der Waals surface area contributed by atoms with Gasteiger partial charge in [0, 0.05) is 25.8 Å². The molecule has 0 aliphatic rings. The first-order valence-electron chi connectivity index (χ1n) is 5.29. The first-order valence-corrected chi connectivity index (χ1v) is 5.29. The fraction of sp³-hybridized carbons (Fsp3) is 0.700. The second-order valence-corrected chi connectivity index (χ2v) is 3.31. The van der Waals surface area contributed by atoms with Crippen LogP contribution < -0.4 is 5.32 Å². The number of rotatable bonds is 8. The maximum Gasteiger partial charge on any atom is 0.261 e. The Balaban J connectivity index is 2.07. The summed E-state index contributed by atoms with van der Waals surface area (Å²) in [5, 5.41) is 3.11. The van der Waals surface area contributed by atoms with E-state index in [4.69, 9.17) is 4.74 Å². The molecule has 0 saturated heterocycles. The number of hydrogen-bond acceptors (Lipinski definition) is 3. The number of ether oxygens (including phenoxy) is 1. The van der Waals surface area contributed by atoms with Crippen molar-refractivity contribution in [1.29, 1.82) is 0 Å². The molecule has 1 heterocycles. The van der Waals surface area contributed by atoms with Crippen LogP contribution in [0.1, 0.15) is 12.6 Å². The molecule has 1 aromatic heterocycles. The number of imidazole rings is 1. The van der Waals surface area contributed by atoms with Gasteiger partial charge in [-0.25, -0.2) is 13.8 Å². The lowest BCUT2D eigenvalue weighted by Gasteiger charge is -2.07. The summed E-state index contributed by atoms with van der Waals surface area (Å²) in [6.07, 6.45) is 1.17. The Morgan fingerprint density at radius 1 is 1.56 bits per heavy atom. The highest BCUT2D eigenvalue weighted by Crippen LogP contribution is 1.98. The van der Waals surface area contributed by atoms with Crippen LogP contribution in [0.15, 0.2) is 12.5 Å². The molecule has 0 aliphatic carbocycles. The minimum Gasteiger partial charge on any atom is -0.374 e. The van der Waals surface area contributed by atoms with Crippen LogP contribution in [0.4, 0.5) is 8.78 Å². The summed E-state index contributed by atoms with van der Waals surface area (Å²) in [4.78, 5) is 4.02. The second-order valence-electron chi connectivity index (χ2n) is 3.31. The molecule has 16 heavy (non-hydrogen) atoms. The van der Waals surface area contributed by atoms with Gasteiger partial charge in [0.15, 0.2) is 0 Å². The SMILES string of the molecule is CCn1cncc1CNCCOCC(F)F. The van der Waals surface area contributed by atoms with Crippen molar-refractivity contribution < 1.29 is 13.5 Å². The summed E-state index contributed by atoms with van der Waals surface area (Å²) in [6.45, 7) is 3.95. The van der Waals surface area contributed by atoms with Crippen LogP contribution in [0.5, 0.6) is 0 Å². The highest BCUT2D eigenvalue weighted by atomic mass is 19.3. The monoisotopic (exact) mass is 233 g/mol. The molecule has 0 saturated carbocycles. The van der Waals surface area contributed by atoms with Crippen LogP contribution in [0, 0.1) is 0 Å². The number of nitrogens with one attached hydrogen (secondary N) is 1. The Kier molecular flexibility index (Phi) is 5.95. The Labute approximate surface area is 93.6 Å². The summed E-state index contributed by atoms with van der Waals surface area (Å²) in [7, 11) is 0. The predicted octanol–water partition coefficient (Wildman–Crippen LogP) is 1.27. The fourth-order valence-corrected chi connectivity index (χ4v) is 1.31. The second kappa shape index (κ2) is 7.29. The summed E-state index contributed by atoms with van der Waals surface area (Å²) < 4.78 is 30.2. The van der Waals surface area contributed by atoms with E-state index >= 15 is 0 Å².